The molecule has 5 unspecified atom stereocenters. The Kier molecular flexibility index (Phi) is 33.9. The Hall–Kier alpha value is -1.37. The molecule has 1 rings (SSSR count). The molecule has 0 spiro atoms. The van der Waals surface area contributed by atoms with Crippen molar-refractivity contribution in [3.63, 3.8) is 0 Å². The predicted octanol–water partition coefficient (Wildman–Crippen LogP) is 8.29. The number of aliphatic hydroxyl groups excluding tert-OH is 3. The zero-order chi connectivity index (χ0) is 48.6. The molecule has 1 aliphatic carbocycles. The van der Waals surface area contributed by atoms with Crippen LogP contribution < -0.4 is 0 Å². The van der Waals surface area contributed by atoms with Gasteiger partial charge in [-0.25, -0.2) is 13.7 Å². The minimum absolute atomic E-state index is 0.0124. The molecule has 0 amide bonds. The van der Waals surface area contributed by atoms with E-state index in [1.54, 1.807) is 0 Å². The van der Waals surface area contributed by atoms with Crippen LogP contribution in [-0.4, -0.2) is 108 Å². The van der Waals surface area contributed by atoms with Gasteiger partial charge in [-0.1, -0.05) is 128 Å². The van der Waals surface area contributed by atoms with Crippen LogP contribution in [0, 0.1) is 0 Å². The number of esters is 2. The van der Waals surface area contributed by atoms with Crippen LogP contribution in [0.5, 0.6) is 0 Å². The van der Waals surface area contributed by atoms with Gasteiger partial charge in [0.25, 0.3) is 0 Å². The van der Waals surface area contributed by atoms with Gasteiger partial charge in [0.15, 0.2) is 6.10 Å². The van der Waals surface area contributed by atoms with Crippen molar-refractivity contribution in [2.24, 2.45) is 0 Å². The summed E-state index contributed by atoms with van der Waals surface area (Å²) in [5.74, 6) is -1.31. The molecule has 19 nitrogen and oxygen atoms in total. The molecule has 65 heavy (non-hydrogen) atoms. The lowest BCUT2D eigenvalue weighted by molar-refractivity contribution is -0.213. The lowest BCUT2D eigenvalue weighted by atomic mass is 9.85. The third-order valence-corrected chi connectivity index (χ3v) is 12.8. The molecule has 0 aromatic rings. The summed E-state index contributed by atoms with van der Waals surface area (Å²) in [7, 11) is -16.6. The van der Waals surface area contributed by atoms with Gasteiger partial charge >= 0.3 is 35.4 Å². The van der Waals surface area contributed by atoms with E-state index >= 15 is 0 Å². The summed E-state index contributed by atoms with van der Waals surface area (Å²) in [5, 5.41) is 31.8. The topological polar surface area (TPSA) is 303 Å². The fourth-order valence-corrected chi connectivity index (χ4v) is 9.26. The van der Waals surface area contributed by atoms with Crippen molar-refractivity contribution >= 4 is 35.4 Å². The molecule has 0 saturated heterocycles. The normalized spacial score (nSPS) is 22.1. The number of rotatable bonds is 40. The minimum atomic E-state index is -5.60. The average Bonchev–Trinajstić information content (AvgIpc) is 3.23. The van der Waals surface area contributed by atoms with Crippen molar-refractivity contribution in [3.05, 3.63) is 24.3 Å². The Balaban J connectivity index is 2.75. The number of unbranched alkanes of at least 4 members (excludes halogenated alkanes) is 20. The van der Waals surface area contributed by atoms with Crippen LogP contribution >= 0.6 is 23.5 Å². The number of carbonyl (C=O) groups excluding carboxylic acids is 2. The molecule has 0 bridgehead atoms. The van der Waals surface area contributed by atoms with Crippen molar-refractivity contribution in [1.29, 1.82) is 0 Å². The summed E-state index contributed by atoms with van der Waals surface area (Å²) in [6.07, 6.45) is 17.7. The third-order valence-electron chi connectivity index (χ3n) is 10.7. The molecule has 0 heterocycles. The zero-order valence-electron chi connectivity index (χ0n) is 38.6. The first-order valence-electron chi connectivity index (χ1n) is 23.6. The highest BCUT2D eigenvalue weighted by Crippen LogP contribution is 2.51. The van der Waals surface area contributed by atoms with Gasteiger partial charge in [0.05, 0.1) is 6.61 Å². The molecule has 1 saturated carbocycles. The van der Waals surface area contributed by atoms with E-state index < -0.39 is 91.3 Å². The van der Waals surface area contributed by atoms with E-state index in [1.807, 2.05) is 0 Å². The fourth-order valence-electron chi connectivity index (χ4n) is 7.16. The van der Waals surface area contributed by atoms with Crippen molar-refractivity contribution in [2.75, 3.05) is 13.2 Å². The van der Waals surface area contributed by atoms with Gasteiger partial charge in [-0.3, -0.25) is 27.7 Å². The molecule has 1 aliphatic rings. The van der Waals surface area contributed by atoms with Gasteiger partial charge in [0, 0.05) is 12.8 Å². The summed E-state index contributed by atoms with van der Waals surface area (Å²) in [5.41, 5.74) is 0. The fraction of sp³-hybridized carbons (Fsp3) is 0.860. The maximum Gasteiger partial charge on any atom is 0.472 e. The number of phosphoric acid groups is 3. The van der Waals surface area contributed by atoms with E-state index in [0.29, 0.717) is 12.8 Å². The number of aliphatic hydroxyl groups is 3. The van der Waals surface area contributed by atoms with Gasteiger partial charge in [0.2, 0.25) is 0 Å². The first-order chi connectivity index (χ1) is 30.8. The summed E-state index contributed by atoms with van der Waals surface area (Å²) in [6, 6.07) is 0. The van der Waals surface area contributed by atoms with E-state index in [9.17, 15) is 63.1 Å². The van der Waals surface area contributed by atoms with Crippen LogP contribution in [0.2, 0.25) is 0 Å². The second-order valence-corrected chi connectivity index (χ2v) is 20.5. The number of hydrogen-bond acceptors (Lipinski definition) is 14. The Morgan fingerprint density at radius 2 is 0.846 bits per heavy atom. The molecule has 22 heteroatoms. The van der Waals surface area contributed by atoms with E-state index in [1.165, 1.54) is 64.2 Å². The van der Waals surface area contributed by atoms with Crippen LogP contribution in [0.1, 0.15) is 181 Å². The van der Waals surface area contributed by atoms with Crippen LogP contribution in [0.4, 0.5) is 0 Å². The minimum Gasteiger partial charge on any atom is -0.462 e. The van der Waals surface area contributed by atoms with Gasteiger partial charge in [-0.2, -0.15) is 0 Å². The Morgan fingerprint density at radius 3 is 1.29 bits per heavy atom. The van der Waals surface area contributed by atoms with Crippen LogP contribution in [-0.2, 0) is 50.9 Å². The zero-order valence-corrected chi connectivity index (χ0v) is 41.2. The van der Waals surface area contributed by atoms with E-state index in [2.05, 4.69) is 47.2 Å². The number of phosphoric ester groups is 3. The smallest absolute Gasteiger partial charge is 0.462 e. The number of ether oxygens (including phenoxy) is 2. The highest BCUT2D eigenvalue weighted by atomic mass is 31.2. The maximum atomic E-state index is 13.1. The number of allylic oxidation sites excluding steroid dienone is 4. The highest BCUT2D eigenvalue weighted by Gasteiger charge is 2.56. The predicted molar refractivity (Wildman–Crippen MR) is 243 cm³/mol. The molecule has 8 atom stereocenters. The number of hydrogen-bond donors (Lipinski definition) is 8. The van der Waals surface area contributed by atoms with Gasteiger partial charge < -0.3 is 49.3 Å². The first-order valence-corrected chi connectivity index (χ1v) is 28.2. The van der Waals surface area contributed by atoms with Crippen molar-refractivity contribution < 1.29 is 90.6 Å². The van der Waals surface area contributed by atoms with E-state index in [-0.39, 0.29) is 12.8 Å². The highest BCUT2D eigenvalue weighted by molar-refractivity contribution is 7.47. The number of carbonyl (C=O) groups is 2. The quantitative estimate of drug-likeness (QED) is 0.0124. The third kappa shape index (κ3) is 32.1. The van der Waals surface area contributed by atoms with Crippen LogP contribution in [0.15, 0.2) is 24.3 Å². The van der Waals surface area contributed by atoms with Crippen molar-refractivity contribution in [1.82, 2.24) is 0 Å². The second kappa shape index (κ2) is 35.7. The summed E-state index contributed by atoms with van der Waals surface area (Å²) < 4.78 is 65.4. The molecule has 0 aromatic heterocycles. The van der Waals surface area contributed by atoms with Crippen LogP contribution in [0.3, 0.4) is 0 Å². The molecular weight excluding hydrogens is 913 g/mol. The SMILES string of the molecule is CCCCCCC=CCCCCCCCC(=O)O[C@H](COC(=O)CCCCCCCC=CCCCCCCCC)COP(=O)(O)O[C@H]1C(O)C(O)C(OP(=O)(O)O)[C@@H](OP(=O)(O)O)C1O. The van der Waals surface area contributed by atoms with E-state index in [0.717, 1.165) is 77.0 Å². The second-order valence-electron chi connectivity index (χ2n) is 16.7. The largest absolute Gasteiger partial charge is 0.472 e. The van der Waals surface area contributed by atoms with Gasteiger partial charge in [-0.05, 0) is 64.2 Å². The van der Waals surface area contributed by atoms with Gasteiger partial charge in [0.1, 0.15) is 43.2 Å². The van der Waals surface area contributed by atoms with Gasteiger partial charge in [-0.15, -0.1) is 0 Å². The van der Waals surface area contributed by atoms with E-state index in [4.69, 9.17) is 18.5 Å². The molecule has 382 valence electrons. The summed E-state index contributed by atoms with van der Waals surface area (Å²) in [6.45, 7) is 2.90. The molecule has 0 aliphatic heterocycles. The lowest BCUT2D eigenvalue weighted by Gasteiger charge is -2.44. The maximum absolute atomic E-state index is 13.1. The molecule has 1 fully saturated rings. The lowest BCUT2D eigenvalue weighted by Crippen LogP contribution is -2.65. The van der Waals surface area contributed by atoms with Crippen molar-refractivity contribution in [3.8, 4) is 0 Å². The van der Waals surface area contributed by atoms with Crippen LogP contribution in [0.25, 0.3) is 0 Å². The summed E-state index contributed by atoms with van der Waals surface area (Å²) >= 11 is 0. The molecule has 0 radical (unpaired) electrons. The first kappa shape index (κ1) is 61.6. The monoisotopic (exact) mass is 994 g/mol. The summed E-state index contributed by atoms with van der Waals surface area (Å²) in [4.78, 5) is 73.1. The standard InChI is InChI=1S/C43H81O19P3/c1-3-5-7-9-11-13-15-17-18-20-21-23-25-27-29-31-36(44)57-33-35(59-37(45)32-30-28-26-24-22-19-16-14-12-10-8-6-4-2)34-58-65(55,56)62-41-38(46)39(47)42(60-63(49,50)51)43(40(41)48)61-64(52,53)54/h14,16-18,35,38-43,46-48H,3-13,15,19-34H2,1-2H3,(H,55,56)(H2,49,50,51)(H2,52,53,54)/t35-,38?,39?,40?,41+,42?,43+/m1/s1. The Labute approximate surface area is 386 Å². The molecule has 8 N–H and O–H groups in total. The Morgan fingerprint density at radius 1 is 0.477 bits per heavy atom. The van der Waals surface area contributed by atoms with Crippen molar-refractivity contribution in [2.45, 2.75) is 224 Å². The Bertz CT molecular complexity index is 1470. The molecular formula is C43H81O19P3. The molecule has 0 aromatic carbocycles. The average molecular weight is 995 g/mol.